The van der Waals surface area contributed by atoms with Gasteiger partial charge in [0.25, 0.3) is 0 Å². The first-order chi connectivity index (χ1) is 7.50. The lowest BCUT2D eigenvalue weighted by Gasteiger charge is -2.05. The first kappa shape index (κ1) is 12.3. The maximum absolute atomic E-state index is 10.6. The monoisotopic (exact) mass is 218 g/mol. The number of hydrogen-bond donors (Lipinski definition) is 2. The third-order valence-corrected chi connectivity index (χ3v) is 2.40. The van der Waals surface area contributed by atoms with E-state index in [1.54, 1.807) is 0 Å². The van der Waals surface area contributed by atoms with Crippen LogP contribution in [-0.2, 0) is 4.79 Å². The van der Waals surface area contributed by atoms with Gasteiger partial charge in [0.15, 0.2) is 0 Å². The molecule has 3 nitrogen and oxygen atoms in total. The van der Waals surface area contributed by atoms with E-state index in [9.17, 15) is 4.79 Å². The number of hydrogen-bond acceptors (Lipinski definition) is 2. The van der Waals surface area contributed by atoms with Crippen LogP contribution >= 0.6 is 0 Å². The number of nitrogens with two attached hydrogens (primary N) is 1. The van der Waals surface area contributed by atoms with E-state index in [0.717, 1.165) is 22.4 Å². The SMILES string of the molecule is CC(=O)NCC=Cc1cc(C)c(N)c(C)c1. The minimum Gasteiger partial charge on any atom is -0.398 e. The Morgan fingerprint density at radius 3 is 2.44 bits per heavy atom. The number of nitrogen functional groups attached to an aromatic ring is 1. The third kappa shape index (κ3) is 3.42. The molecule has 0 aliphatic heterocycles. The number of amides is 1. The van der Waals surface area contributed by atoms with Crippen molar-refractivity contribution in [3.63, 3.8) is 0 Å². The van der Waals surface area contributed by atoms with Crippen LogP contribution in [-0.4, -0.2) is 12.5 Å². The molecule has 0 atom stereocenters. The van der Waals surface area contributed by atoms with E-state index < -0.39 is 0 Å². The van der Waals surface area contributed by atoms with Crippen molar-refractivity contribution in [1.29, 1.82) is 0 Å². The molecule has 0 aromatic heterocycles. The van der Waals surface area contributed by atoms with Gasteiger partial charge >= 0.3 is 0 Å². The molecule has 0 radical (unpaired) electrons. The maximum atomic E-state index is 10.6. The van der Waals surface area contributed by atoms with Crippen molar-refractivity contribution in [3.8, 4) is 0 Å². The number of anilines is 1. The zero-order valence-electron chi connectivity index (χ0n) is 10.0. The first-order valence-electron chi connectivity index (χ1n) is 5.28. The summed E-state index contributed by atoms with van der Waals surface area (Å²) in [6.07, 6.45) is 3.90. The normalized spacial score (nSPS) is 10.7. The first-order valence-corrected chi connectivity index (χ1v) is 5.28. The molecule has 1 amide bonds. The predicted octanol–water partition coefficient (Wildman–Crippen LogP) is 2.03. The summed E-state index contributed by atoms with van der Waals surface area (Å²) in [5.41, 5.74) is 9.98. The van der Waals surface area contributed by atoms with Crippen LogP contribution in [0.4, 0.5) is 5.69 Å². The molecule has 0 aliphatic carbocycles. The van der Waals surface area contributed by atoms with Gasteiger partial charge in [0.2, 0.25) is 5.91 Å². The summed E-state index contributed by atoms with van der Waals surface area (Å²) in [6, 6.07) is 4.07. The summed E-state index contributed by atoms with van der Waals surface area (Å²) in [6.45, 7) is 6.05. The van der Waals surface area contributed by atoms with Crippen molar-refractivity contribution in [2.75, 3.05) is 12.3 Å². The Bertz CT molecular complexity index is 399. The molecule has 0 bridgehead atoms. The Morgan fingerprint density at radius 2 is 1.94 bits per heavy atom. The zero-order valence-corrected chi connectivity index (χ0v) is 10.0. The number of nitrogens with one attached hydrogen (secondary N) is 1. The Labute approximate surface area is 96.3 Å². The van der Waals surface area contributed by atoms with Crippen molar-refractivity contribution < 1.29 is 4.79 Å². The van der Waals surface area contributed by atoms with E-state index in [-0.39, 0.29) is 5.91 Å². The van der Waals surface area contributed by atoms with E-state index in [1.165, 1.54) is 6.92 Å². The number of carbonyl (C=O) groups is 1. The lowest BCUT2D eigenvalue weighted by Crippen LogP contribution is -2.19. The highest BCUT2D eigenvalue weighted by Crippen LogP contribution is 2.19. The number of aryl methyl sites for hydroxylation is 2. The summed E-state index contributed by atoms with van der Waals surface area (Å²) < 4.78 is 0. The molecule has 0 unspecified atom stereocenters. The second-order valence-electron chi connectivity index (χ2n) is 3.91. The average molecular weight is 218 g/mol. The van der Waals surface area contributed by atoms with Crippen molar-refractivity contribution in [2.45, 2.75) is 20.8 Å². The Hall–Kier alpha value is -1.77. The lowest BCUT2D eigenvalue weighted by atomic mass is 10.0. The summed E-state index contributed by atoms with van der Waals surface area (Å²) in [5, 5.41) is 2.71. The summed E-state index contributed by atoms with van der Waals surface area (Å²) >= 11 is 0. The summed E-state index contributed by atoms with van der Waals surface area (Å²) in [7, 11) is 0. The summed E-state index contributed by atoms with van der Waals surface area (Å²) in [4.78, 5) is 10.6. The standard InChI is InChI=1S/C13H18N2O/c1-9-7-12(8-10(2)13(9)14)5-4-6-15-11(3)16/h4-5,7-8H,6,14H2,1-3H3,(H,15,16). The molecule has 86 valence electrons. The van der Waals surface area contributed by atoms with Gasteiger partial charge in [0.05, 0.1) is 0 Å². The smallest absolute Gasteiger partial charge is 0.217 e. The van der Waals surface area contributed by atoms with Crippen LogP contribution in [0.15, 0.2) is 18.2 Å². The second kappa shape index (κ2) is 5.35. The predicted molar refractivity (Wildman–Crippen MR) is 68.0 cm³/mol. The number of rotatable bonds is 3. The van der Waals surface area contributed by atoms with Gasteiger partial charge in [0.1, 0.15) is 0 Å². The van der Waals surface area contributed by atoms with Gasteiger partial charge in [-0.1, -0.05) is 12.2 Å². The molecule has 1 aromatic rings. The van der Waals surface area contributed by atoms with Crippen LogP contribution in [0.25, 0.3) is 6.08 Å². The Kier molecular flexibility index (Phi) is 4.11. The van der Waals surface area contributed by atoms with Crippen LogP contribution in [0.1, 0.15) is 23.6 Å². The molecule has 0 heterocycles. The highest BCUT2D eigenvalue weighted by Gasteiger charge is 1.98. The van der Waals surface area contributed by atoms with Gasteiger partial charge in [-0.2, -0.15) is 0 Å². The van der Waals surface area contributed by atoms with Gasteiger partial charge < -0.3 is 11.1 Å². The molecule has 1 aromatic carbocycles. The lowest BCUT2D eigenvalue weighted by molar-refractivity contribution is -0.118. The molecule has 0 fully saturated rings. The minimum atomic E-state index is -0.0192. The topological polar surface area (TPSA) is 55.1 Å². The van der Waals surface area contributed by atoms with Gasteiger partial charge in [-0.15, -0.1) is 0 Å². The number of carbonyl (C=O) groups excluding carboxylic acids is 1. The highest BCUT2D eigenvalue weighted by atomic mass is 16.1. The van der Waals surface area contributed by atoms with Crippen LogP contribution in [0.2, 0.25) is 0 Å². The van der Waals surface area contributed by atoms with Crippen LogP contribution in [0.5, 0.6) is 0 Å². The maximum Gasteiger partial charge on any atom is 0.217 e. The van der Waals surface area contributed by atoms with Crippen molar-refractivity contribution in [3.05, 3.63) is 34.9 Å². The molecule has 3 N–H and O–H groups in total. The van der Waals surface area contributed by atoms with Crippen molar-refractivity contribution in [1.82, 2.24) is 5.32 Å². The van der Waals surface area contributed by atoms with E-state index >= 15 is 0 Å². The third-order valence-electron chi connectivity index (χ3n) is 2.40. The summed E-state index contributed by atoms with van der Waals surface area (Å²) in [5.74, 6) is -0.0192. The molecule has 0 aliphatic rings. The van der Waals surface area contributed by atoms with E-state index in [0.29, 0.717) is 6.54 Å². The largest absolute Gasteiger partial charge is 0.398 e. The average Bonchev–Trinajstić information content (AvgIpc) is 2.20. The molecule has 0 spiro atoms. The highest BCUT2D eigenvalue weighted by molar-refractivity contribution is 5.73. The quantitative estimate of drug-likeness (QED) is 0.763. The molecule has 3 heteroatoms. The molecule has 16 heavy (non-hydrogen) atoms. The fourth-order valence-corrected chi connectivity index (χ4v) is 1.50. The molecular formula is C13H18N2O. The van der Waals surface area contributed by atoms with Crippen molar-refractivity contribution >= 4 is 17.7 Å². The number of benzene rings is 1. The minimum absolute atomic E-state index is 0.0192. The fraction of sp³-hybridized carbons (Fsp3) is 0.308. The second-order valence-corrected chi connectivity index (χ2v) is 3.91. The molecule has 0 saturated heterocycles. The van der Waals surface area contributed by atoms with Gasteiger partial charge in [-0.3, -0.25) is 4.79 Å². The van der Waals surface area contributed by atoms with Crippen LogP contribution < -0.4 is 11.1 Å². The Morgan fingerprint density at radius 1 is 1.38 bits per heavy atom. The zero-order chi connectivity index (χ0) is 12.1. The van der Waals surface area contributed by atoms with Gasteiger partial charge in [-0.25, -0.2) is 0 Å². The van der Waals surface area contributed by atoms with E-state index in [2.05, 4.69) is 5.32 Å². The fourth-order valence-electron chi connectivity index (χ4n) is 1.50. The molecular weight excluding hydrogens is 200 g/mol. The van der Waals surface area contributed by atoms with E-state index in [1.807, 2.05) is 38.1 Å². The Balaban J connectivity index is 2.71. The molecule has 1 rings (SSSR count). The van der Waals surface area contributed by atoms with E-state index in [4.69, 9.17) is 5.73 Å². The van der Waals surface area contributed by atoms with Crippen LogP contribution in [0, 0.1) is 13.8 Å². The van der Waals surface area contributed by atoms with Crippen LogP contribution in [0.3, 0.4) is 0 Å². The van der Waals surface area contributed by atoms with Gasteiger partial charge in [-0.05, 0) is 42.7 Å². The van der Waals surface area contributed by atoms with Crippen molar-refractivity contribution in [2.24, 2.45) is 0 Å². The molecule has 0 saturated carbocycles. The van der Waals surface area contributed by atoms with Gasteiger partial charge in [0, 0.05) is 19.2 Å².